The van der Waals surface area contributed by atoms with E-state index in [0.29, 0.717) is 0 Å². The lowest BCUT2D eigenvalue weighted by Crippen LogP contribution is -2.32. The SMILES string of the molecule is CC(=O)N(C)c1ccc2c(c1)CN(c1ncnc3c(C)cc(-c4cccnc4)cc13)CC2. The van der Waals surface area contributed by atoms with E-state index in [-0.39, 0.29) is 5.91 Å². The zero-order valence-electron chi connectivity index (χ0n) is 18.5. The Morgan fingerprint density at radius 3 is 2.72 bits per heavy atom. The van der Waals surface area contributed by atoms with Gasteiger partial charge in [0.2, 0.25) is 5.91 Å². The maximum atomic E-state index is 11.8. The minimum absolute atomic E-state index is 0.0258. The molecule has 0 radical (unpaired) electrons. The number of carbonyl (C=O) groups excluding carboxylic acids is 1. The van der Waals surface area contributed by atoms with Crippen molar-refractivity contribution in [2.75, 3.05) is 23.4 Å². The van der Waals surface area contributed by atoms with E-state index in [2.05, 4.69) is 52.1 Å². The number of hydrogen-bond donors (Lipinski definition) is 0. The second kappa shape index (κ2) is 8.04. The maximum absolute atomic E-state index is 11.8. The molecule has 2 aromatic heterocycles. The van der Waals surface area contributed by atoms with Crippen molar-refractivity contribution < 1.29 is 4.79 Å². The fraction of sp³-hybridized carbons (Fsp3) is 0.231. The van der Waals surface area contributed by atoms with Gasteiger partial charge in [0.15, 0.2) is 0 Å². The second-order valence-electron chi connectivity index (χ2n) is 8.33. The molecule has 1 aliphatic heterocycles. The summed E-state index contributed by atoms with van der Waals surface area (Å²) in [6, 6.07) is 14.6. The van der Waals surface area contributed by atoms with Crippen LogP contribution in [0.2, 0.25) is 0 Å². The van der Waals surface area contributed by atoms with Gasteiger partial charge in [-0.3, -0.25) is 9.78 Å². The zero-order valence-corrected chi connectivity index (χ0v) is 18.5. The lowest BCUT2D eigenvalue weighted by atomic mass is 9.97. The largest absolute Gasteiger partial charge is 0.351 e. The highest BCUT2D eigenvalue weighted by Crippen LogP contribution is 2.33. The van der Waals surface area contributed by atoms with E-state index >= 15 is 0 Å². The number of rotatable bonds is 3. The molecular formula is C26H25N5O. The number of carbonyl (C=O) groups is 1. The van der Waals surface area contributed by atoms with Crippen LogP contribution < -0.4 is 9.80 Å². The van der Waals surface area contributed by atoms with Crippen LogP contribution in [-0.4, -0.2) is 34.5 Å². The Balaban J connectivity index is 1.56. The Morgan fingerprint density at radius 1 is 1.06 bits per heavy atom. The van der Waals surface area contributed by atoms with Crippen molar-refractivity contribution in [2.45, 2.75) is 26.8 Å². The van der Waals surface area contributed by atoms with Gasteiger partial charge in [0, 0.05) is 56.1 Å². The quantitative estimate of drug-likeness (QED) is 0.484. The molecule has 1 aliphatic rings. The van der Waals surface area contributed by atoms with Gasteiger partial charge < -0.3 is 9.80 Å². The van der Waals surface area contributed by atoms with Crippen LogP contribution in [0, 0.1) is 6.92 Å². The van der Waals surface area contributed by atoms with Crippen LogP contribution in [0.1, 0.15) is 23.6 Å². The van der Waals surface area contributed by atoms with Crippen molar-refractivity contribution in [1.29, 1.82) is 0 Å². The average molecular weight is 424 g/mol. The van der Waals surface area contributed by atoms with Crippen molar-refractivity contribution >= 4 is 28.3 Å². The molecule has 2 aromatic carbocycles. The smallest absolute Gasteiger partial charge is 0.223 e. The minimum atomic E-state index is 0.0258. The predicted octanol–water partition coefficient (Wildman–Crippen LogP) is 4.55. The molecule has 0 unspecified atom stereocenters. The Hall–Kier alpha value is -3.80. The highest BCUT2D eigenvalue weighted by atomic mass is 16.2. The first kappa shape index (κ1) is 20.1. The number of nitrogens with zero attached hydrogens (tertiary/aromatic N) is 5. The molecule has 160 valence electrons. The predicted molar refractivity (Wildman–Crippen MR) is 128 cm³/mol. The standard InChI is InChI=1S/C26H25N5O/c1-17-11-21(20-5-4-9-27-14-20)13-24-25(17)28-16-29-26(24)31-10-8-19-6-7-23(12-22(19)15-31)30(3)18(2)32/h4-7,9,11-14,16H,8,10,15H2,1-3H3. The summed E-state index contributed by atoms with van der Waals surface area (Å²) in [6.45, 7) is 5.31. The third-order valence-electron chi connectivity index (χ3n) is 6.26. The number of benzene rings is 2. The van der Waals surface area contributed by atoms with E-state index in [1.165, 1.54) is 11.1 Å². The van der Waals surface area contributed by atoms with Crippen LogP contribution in [0.25, 0.3) is 22.0 Å². The highest BCUT2D eigenvalue weighted by molar-refractivity contribution is 5.95. The fourth-order valence-corrected chi connectivity index (χ4v) is 4.40. The van der Waals surface area contributed by atoms with E-state index < -0.39 is 0 Å². The van der Waals surface area contributed by atoms with Gasteiger partial charge in [0.25, 0.3) is 0 Å². The van der Waals surface area contributed by atoms with E-state index in [1.54, 1.807) is 24.3 Å². The van der Waals surface area contributed by atoms with Crippen LogP contribution in [0.15, 0.2) is 61.2 Å². The first-order valence-corrected chi connectivity index (χ1v) is 10.8. The van der Waals surface area contributed by atoms with Crippen LogP contribution in [0.3, 0.4) is 0 Å². The van der Waals surface area contributed by atoms with E-state index in [0.717, 1.165) is 58.6 Å². The molecule has 5 rings (SSSR count). The summed E-state index contributed by atoms with van der Waals surface area (Å²) in [5, 5.41) is 1.05. The highest BCUT2D eigenvalue weighted by Gasteiger charge is 2.21. The fourth-order valence-electron chi connectivity index (χ4n) is 4.40. The Morgan fingerprint density at radius 2 is 1.94 bits per heavy atom. The molecule has 4 aromatic rings. The van der Waals surface area contributed by atoms with Gasteiger partial charge in [-0.25, -0.2) is 9.97 Å². The van der Waals surface area contributed by atoms with Crippen molar-refractivity contribution in [1.82, 2.24) is 15.0 Å². The molecule has 0 N–H and O–H groups in total. The van der Waals surface area contributed by atoms with Crippen LogP contribution in [0.4, 0.5) is 11.5 Å². The van der Waals surface area contributed by atoms with Crippen LogP contribution >= 0.6 is 0 Å². The van der Waals surface area contributed by atoms with Gasteiger partial charge in [-0.2, -0.15) is 0 Å². The van der Waals surface area contributed by atoms with Gasteiger partial charge >= 0.3 is 0 Å². The third-order valence-corrected chi connectivity index (χ3v) is 6.26. The maximum Gasteiger partial charge on any atom is 0.223 e. The van der Waals surface area contributed by atoms with Gasteiger partial charge in [0.1, 0.15) is 12.1 Å². The van der Waals surface area contributed by atoms with Crippen LogP contribution in [0.5, 0.6) is 0 Å². The second-order valence-corrected chi connectivity index (χ2v) is 8.33. The summed E-state index contributed by atoms with van der Waals surface area (Å²) in [5.41, 5.74) is 7.75. The lowest BCUT2D eigenvalue weighted by Gasteiger charge is -2.31. The van der Waals surface area contributed by atoms with Gasteiger partial charge in [-0.05, 0) is 65.9 Å². The summed E-state index contributed by atoms with van der Waals surface area (Å²) < 4.78 is 0. The Labute approximate surface area is 187 Å². The third kappa shape index (κ3) is 3.58. The lowest BCUT2D eigenvalue weighted by molar-refractivity contribution is -0.116. The van der Waals surface area contributed by atoms with E-state index in [4.69, 9.17) is 4.98 Å². The summed E-state index contributed by atoms with van der Waals surface area (Å²) in [7, 11) is 1.81. The average Bonchev–Trinajstić information content (AvgIpc) is 2.83. The number of pyridine rings is 1. The Bertz CT molecular complexity index is 1320. The number of aryl methyl sites for hydroxylation is 1. The summed E-state index contributed by atoms with van der Waals surface area (Å²) in [6.07, 6.45) is 6.26. The van der Waals surface area contributed by atoms with Crippen molar-refractivity contribution in [3.63, 3.8) is 0 Å². The van der Waals surface area contributed by atoms with Gasteiger partial charge in [-0.1, -0.05) is 12.1 Å². The zero-order chi connectivity index (χ0) is 22.2. The topological polar surface area (TPSA) is 62.2 Å². The first-order valence-electron chi connectivity index (χ1n) is 10.8. The van der Waals surface area contributed by atoms with Gasteiger partial charge in [-0.15, -0.1) is 0 Å². The Kier molecular flexibility index (Phi) is 5.05. The number of anilines is 2. The number of aromatic nitrogens is 3. The first-order chi connectivity index (χ1) is 15.5. The normalized spacial score (nSPS) is 13.2. The molecule has 0 fully saturated rings. The number of hydrogen-bond acceptors (Lipinski definition) is 5. The van der Waals surface area contributed by atoms with Crippen LogP contribution in [-0.2, 0) is 17.8 Å². The molecule has 0 spiro atoms. The summed E-state index contributed by atoms with van der Waals surface area (Å²) >= 11 is 0. The molecule has 0 saturated carbocycles. The van der Waals surface area contributed by atoms with Gasteiger partial charge in [0.05, 0.1) is 5.52 Å². The molecule has 0 saturated heterocycles. The molecule has 1 amide bonds. The number of amides is 1. The summed E-state index contributed by atoms with van der Waals surface area (Å²) in [5.74, 6) is 0.970. The molecular weight excluding hydrogens is 398 g/mol. The molecule has 32 heavy (non-hydrogen) atoms. The monoisotopic (exact) mass is 423 g/mol. The molecule has 0 bridgehead atoms. The minimum Gasteiger partial charge on any atom is -0.351 e. The molecule has 6 nitrogen and oxygen atoms in total. The molecule has 0 atom stereocenters. The van der Waals surface area contributed by atoms with Crippen molar-refractivity contribution in [3.05, 3.63) is 77.9 Å². The van der Waals surface area contributed by atoms with E-state index in [9.17, 15) is 4.79 Å². The molecule has 3 heterocycles. The summed E-state index contributed by atoms with van der Waals surface area (Å²) in [4.78, 5) is 29.4. The van der Waals surface area contributed by atoms with Crippen molar-refractivity contribution in [2.24, 2.45) is 0 Å². The number of fused-ring (bicyclic) bond motifs is 2. The van der Waals surface area contributed by atoms with Crippen molar-refractivity contribution in [3.8, 4) is 11.1 Å². The molecule has 0 aliphatic carbocycles. The molecule has 6 heteroatoms. The van der Waals surface area contributed by atoms with E-state index in [1.807, 2.05) is 25.4 Å².